The number of benzene rings is 1. The van der Waals surface area contributed by atoms with Crippen molar-refractivity contribution in [2.45, 2.75) is 32.1 Å². The number of aromatic nitrogens is 5. The SMILES string of the molecule is CN1CCN(C(=O)Cn2cc(Nc3nc4c(N5C[C@H]6CC[C@@H](C5)[C@H]6OCc5ccccc5C#N)cccn4n3)cn2)CC1. The van der Waals surface area contributed by atoms with Crippen molar-refractivity contribution in [1.29, 1.82) is 5.26 Å². The standard InChI is InChI=1S/C31H36N10O2/c1-37-11-13-38(14-12-37)28(42)20-40-19-26(16-33-40)34-31-35-30-27(7-4-10-41(30)36-31)39-17-23-8-9-24(18-39)29(23)43-21-25-6-3-2-5-22(25)15-32/h2-7,10,16,19,23-24,29H,8-9,11-14,17-18,20-21H2,1H3,(H,34,36)/t23-,24+,29+. The molecule has 7 rings (SSSR count). The van der Waals surface area contributed by atoms with Gasteiger partial charge in [0.05, 0.1) is 41.9 Å². The smallest absolute Gasteiger partial charge is 0.247 e. The van der Waals surface area contributed by atoms with Crippen LogP contribution in [0.1, 0.15) is 24.0 Å². The van der Waals surface area contributed by atoms with Gasteiger partial charge in [0.15, 0.2) is 5.65 Å². The highest BCUT2D eigenvalue weighted by Crippen LogP contribution is 2.41. The molecular formula is C31H36N10O2. The molecule has 2 saturated heterocycles. The van der Waals surface area contributed by atoms with Crippen LogP contribution in [0.3, 0.4) is 0 Å². The summed E-state index contributed by atoms with van der Waals surface area (Å²) in [6, 6.07) is 14.1. The molecule has 1 amide bonds. The van der Waals surface area contributed by atoms with E-state index >= 15 is 0 Å². The zero-order valence-electron chi connectivity index (χ0n) is 24.3. The fraction of sp³-hybridized carbons (Fsp3) is 0.452. The van der Waals surface area contributed by atoms with E-state index in [1.54, 1.807) is 10.9 Å². The molecule has 12 nitrogen and oxygen atoms in total. The first-order chi connectivity index (χ1) is 21.0. The number of pyridine rings is 1. The number of hydrogen-bond acceptors (Lipinski definition) is 9. The average molecular weight is 581 g/mol. The minimum Gasteiger partial charge on any atom is -0.373 e. The van der Waals surface area contributed by atoms with E-state index in [0.29, 0.717) is 30.0 Å². The van der Waals surface area contributed by atoms with Crippen LogP contribution in [0.15, 0.2) is 55.0 Å². The van der Waals surface area contributed by atoms with Crippen LogP contribution in [-0.4, -0.2) is 92.5 Å². The molecule has 1 N–H and O–H groups in total. The topological polar surface area (TPSA) is 120 Å². The first-order valence-electron chi connectivity index (χ1n) is 15.0. The van der Waals surface area contributed by atoms with Gasteiger partial charge in [0, 0.05) is 63.5 Å². The fourth-order valence-electron chi connectivity index (χ4n) is 6.71. The van der Waals surface area contributed by atoms with Gasteiger partial charge in [0.25, 0.3) is 0 Å². The molecule has 1 aromatic carbocycles. The van der Waals surface area contributed by atoms with Crippen molar-refractivity contribution in [2.75, 3.05) is 56.5 Å². The summed E-state index contributed by atoms with van der Waals surface area (Å²) >= 11 is 0. The number of nitrogens with one attached hydrogen (secondary N) is 1. The highest BCUT2D eigenvalue weighted by molar-refractivity contribution is 5.76. The summed E-state index contributed by atoms with van der Waals surface area (Å²) in [4.78, 5) is 24.1. The quantitative estimate of drug-likeness (QED) is 0.335. The van der Waals surface area contributed by atoms with E-state index in [2.05, 4.69) is 44.5 Å². The van der Waals surface area contributed by atoms with Crippen LogP contribution in [0.5, 0.6) is 0 Å². The maximum absolute atomic E-state index is 12.7. The third-order valence-corrected chi connectivity index (χ3v) is 9.04. The van der Waals surface area contributed by atoms with Crippen LogP contribution in [0.2, 0.25) is 0 Å². The summed E-state index contributed by atoms with van der Waals surface area (Å²) in [5.74, 6) is 1.41. The number of carbonyl (C=O) groups excluding carboxylic acids is 1. The maximum Gasteiger partial charge on any atom is 0.247 e. The summed E-state index contributed by atoms with van der Waals surface area (Å²) in [5, 5.41) is 21.7. The van der Waals surface area contributed by atoms with Crippen LogP contribution in [0.25, 0.3) is 5.65 Å². The van der Waals surface area contributed by atoms with Gasteiger partial charge in [0.1, 0.15) is 6.54 Å². The summed E-state index contributed by atoms with van der Waals surface area (Å²) in [5.41, 5.74) is 4.22. The molecule has 1 aliphatic carbocycles. The lowest BCUT2D eigenvalue weighted by Gasteiger charge is -2.39. The Kier molecular flexibility index (Phi) is 7.42. The van der Waals surface area contributed by atoms with Gasteiger partial charge in [-0.15, -0.1) is 5.10 Å². The second-order valence-corrected chi connectivity index (χ2v) is 11.9. The molecule has 0 unspecified atom stereocenters. The van der Waals surface area contributed by atoms with Crippen LogP contribution in [0, 0.1) is 23.2 Å². The molecule has 3 atom stereocenters. The van der Waals surface area contributed by atoms with E-state index in [0.717, 1.165) is 74.7 Å². The van der Waals surface area contributed by atoms with Crippen molar-refractivity contribution in [3.8, 4) is 6.07 Å². The molecule has 4 aromatic rings. The third kappa shape index (κ3) is 5.66. The summed E-state index contributed by atoms with van der Waals surface area (Å²) in [6.07, 6.45) is 7.88. The van der Waals surface area contributed by atoms with Crippen LogP contribution in [0.4, 0.5) is 17.3 Å². The van der Waals surface area contributed by atoms with E-state index in [4.69, 9.17) is 9.72 Å². The Morgan fingerprint density at radius 3 is 2.67 bits per heavy atom. The Morgan fingerprint density at radius 2 is 1.88 bits per heavy atom. The van der Waals surface area contributed by atoms with Crippen LogP contribution >= 0.6 is 0 Å². The molecule has 3 aliphatic rings. The van der Waals surface area contributed by atoms with E-state index in [9.17, 15) is 10.1 Å². The van der Waals surface area contributed by atoms with Gasteiger partial charge < -0.3 is 24.8 Å². The largest absolute Gasteiger partial charge is 0.373 e. The Bertz CT molecular complexity index is 1640. The molecule has 1 saturated carbocycles. The first kappa shape index (κ1) is 27.4. The van der Waals surface area contributed by atoms with Crippen molar-refractivity contribution >= 4 is 28.9 Å². The molecular weight excluding hydrogens is 544 g/mol. The van der Waals surface area contributed by atoms with Gasteiger partial charge in [-0.05, 0) is 43.7 Å². The maximum atomic E-state index is 12.7. The summed E-state index contributed by atoms with van der Waals surface area (Å²) < 4.78 is 9.92. The molecule has 0 spiro atoms. The lowest BCUT2D eigenvalue weighted by Crippen LogP contribution is -2.48. The number of rotatable bonds is 8. The zero-order chi connectivity index (χ0) is 29.3. The van der Waals surface area contributed by atoms with E-state index in [1.165, 1.54) is 0 Å². The normalized spacial score (nSPS) is 22.2. The van der Waals surface area contributed by atoms with E-state index in [1.807, 2.05) is 52.1 Å². The van der Waals surface area contributed by atoms with E-state index in [-0.39, 0.29) is 18.6 Å². The summed E-state index contributed by atoms with van der Waals surface area (Å²) in [7, 11) is 2.08. The molecule has 222 valence electrons. The fourth-order valence-corrected chi connectivity index (χ4v) is 6.71. The van der Waals surface area contributed by atoms with Crippen molar-refractivity contribution in [3.63, 3.8) is 0 Å². The Hall–Kier alpha value is -4.47. The lowest BCUT2D eigenvalue weighted by molar-refractivity contribution is -0.133. The monoisotopic (exact) mass is 580 g/mol. The Labute approximate surface area is 250 Å². The molecule has 3 aromatic heterocycles. The minimum atomic E-state index is 0.0772. The number of likely N-dealkylation sites (N-methyl/N-ethyl adjacent to an activating group) is 1. The van der Waals surface area contributed by atoms with Gasteiger partial charge in [-0.25, -0.2) is 4.52 Å². The summed E-state index contributed by atoms with van der Waals surface area (Å²) in [6.45, 7) is 5.75. The van der Waals surface area contributed by atoms with Gasteiger partial charge >= 0.3 is 0 Å². The van der Waals surface area contributed by atoms with Gasteiger partial charge in [0.2, 0.25) is 11.9 Å². The second-order valence-electron chi connectivity index (χ2n) is 11.9. The molecule has 2 aliphatic heterocycles. The van der Waals surface area contributed by atoms with E-state index < -0.39 is 0 Å². The van der Waals surface area contributed by atoms with Crippen molar-refractivity contribution in [1.82, 2.24) is 34.2 Å². The number of piperazine rings is 1. The van der Waals surface area contributed by atoms with Gasteiger partial charge in [-0.1, -0.05) is 18.2 Å². The van der Waals surface area contributed by atoms with Crippen LogP contribution in [-0.2, 0) is 22.7 Å². The van der Waals surface area contributed by atoms with Crippen molar-refractivity contribution in [2.24, 2.45) is 11.8 Å². The number of hydrogen-bond donors (Lipinski definition) is 1. The Morgan fingerprint density at radius 1 is 1.09 bits per heavy atom. The number of amides is 1. The number of ether oxygens (including phenoxy) is 1. The third-order valence-electron chi connectivity index (χ3n) is 9.04. The number of piperidine rings is 1. The number of anilines is 3. The number of carbonyl (C=O) groups is 1. The molecule has 5 heterocycles. The Balaban J connectivity index is 1.00. The van der Waals surface area contributed by atoms with Crippen molar-refractivity contribution < 1.29 is 9.53 Å². The lowest BCUT2D eigenvalue weighted by atomic mass is 9.94. The van der Waals surface area contributed by atoms with Crippen molar-refractivity contribution in [3.05, 3.63) is 66.1 Å². The number of nitrogens with zero attached hydrogens (tertiary/aromatic N) is 9. The molecule has 12 heteroatoms. The minimum absolute atomic E-state index is 0.0772. The highest BCUT2D eigenvalue weighted by atomic mass is 16.5. The molecule has 2 bridgehead atoms. The molecule has 3 fully saturated rings. The number of fused-ring (bicyclic) bond motifs is 3. The predicted molar refractivity (Wildman–Crippen MR) is 161 cm³/mol. The average Bonchev–Trinajstić information content (AvgIpc) is 3.71. The second kappa shape index (κ2) is 11.7. The van der Waals surface area contributed by atoms with Gasteiger partial charge in [-0.3, -0.25) is 9.48 Å². The highest BCUT2D eigenvalue weighted by Gasteiger charge is 2.43. The molecule has 43 heavy (non-hydrogen) atoms. The molecule has 0 radical (unpaired) electrons. The van der Waals surface area contributed by atoms with Crippen LogP contribution < -0.4 is 10.2 Å². The number of nitriles is 1. The van der Waals surface area contributed by atoms with Gasteiger partial charge in [-0.2, -0.15) is 15.3 Å². The zero-order valence-corrected chi connectivity index (χ0v) is 24.3. The first-order valence-corrected chi connectivity index (χ1v) is 15.0. The predicted octanol–water partition coefficient (Wildman–Crippen LogP) is 2.75.